The Morgan fingerprint density at radius 2 is 1.92 bits per heavy atom. The van der Waals surface area contributed by atoms with E-state index in [1.807, 2.05) is 20.8 Å². The largest absolute Gasteiger partial charge is 0.399 e. The maximum absolute atomic E-state index is 11.9. The van der Waals surface area contributed by atoms with E-state index >= 15 is 0 Å². The number of allylic oxidation sites excluding steroid dienone is 3. The van der Waals surface area contributed by atoms with Crippen molar-refractivity contribution in [3.8, 4) is 12.3 Å². The van der Waals surface area contributed by atoms with Gasteiger partial charge in [0.2, 0.25) is 5.91 Å². The molecule has 4 heteroatoms. The molecule has 1 unspecified atom stereocenters. The molecular formula is C20H26N2O2. The summed E-state index contributed by atoms with van der Waals surface area (Å²) in [7, 11) is 0. The van der Waals surface area contributed by atoms with E-state index in [1.165, 1.54) is 0 Å². The summed E-state index contributed by atoms with van der Waals surface area (Å²) in [5.41, 5.74) is 7.99. The van der Waals surface area contributed by atoms with Crippen molar-refractivity contribution in [1.82, 2.24) is 5.32 Å². The highest BCUT2D eigenvalue weighted by atomic mass is 16.3. The fraction of sp³-hybridized carbons (Fsp3) is 0.350. The van der Waals surface area contributed by atoms with Gasteiger partial charge in [-0.15, -0.1) is 6.42 Å². The highest BCUT2D eigenvalue weighted by molar-refractivity contribution is 5.79. The van der Waals surface area contributed by atoms with Gasteiger partial charge in [-0.2, -0.15) is 0 Å². The fourth-order valence-electron chi connectivity index (χ4n) is 2.05. The molecule has 0 radical (unpaired) electrons. The lowest BCUT2D eigenvalue weighted by Gasteiger charge is -2.17. The minimum atomic E-state index is -0.758. The number of aliphatic hydroxyl groups is 1. The second-order valence-corrected chi connectivity index (χ2v) is 6.99. The minimum absolute atomic E-state index is 0.110. The SMILES string of the molecule is C#C/C(=C\C=C(/C)C(O)c1ccc(N)cc1)NC(=O)CC(C)(C)C. The Kier molecular flexibility index (Phi) is 6.82. The van der Waals surface area contributed by atoms with Crippen LogP contribution >= 0.6 is 0 Å². The van der Waals surface area contributed by atoms with E-state index in [0.29, 0.717) is 23.4 Å². The van der Waals surface area contributed by atoms with E-state index in [2.05, 4.69) is 11.2 Å². The Balaban J connectivity index is 2.81. The third kappa shape index (κ3) is 6.72. The first-order chi connectivity index (χ1) is 11.1. The van der Waals surface area contributed by atoms with Gasteiger partial charge in [-0.25, -0.2) is 0 Å². The molecule has 1 amide bonds. The molecule has 4 nitrogen and oxygen atoms in total. The van der Waals surface area contributed by atoms with Crippen LogP contribution in [0.15, 0.2) is 47.7 Å². The zero-order chi connectivity index (χ0) is 18.3. The van der Waals surface area contributed by atoms with Crippen molar-refractivity contribution in [2.75, 3.05) is 5.73 Å². The van der Waals surface area contributed by atoms with Crippen molar-refractivity contribution in [2.24, 2.45) is 5.41 Å². The third-order valence-electron chi connectivity index (χ3n) is 3.32. The highest BCUT2D eigenvalue weighted by Gasteiger charge is 2.16. The Bertz CT molecular complexity index is 671. The summed E-state index contributed by atoms with van der Waals surface area (Å²) in [4.78, 5) is 11.9. The van der Waals surface area contributed by atoms with Crippen molar-refractivity contribution >= 4 is 11.6 Å². The number of hydrogen-bond donors (Lipinski definition) is 3. The molecule has 0 fully saturated rings. The number of nitrogen functional groups attached to an aromatic ring is 1. The van der Waals surface area contributed by atoms with Crippen molar-refractivity contribution in [3.05, 3.63) is 53.3 Å². The summed E-state index contributed by atoms with van der Waals surface area (Å²) < 4.78 is 0. The number of carbonyl (C=O) groups is 1. The molecule has 0 heterocycles. The van der Waals surface area contributed by atoms with Crippen LogP contribution in [0.2, 0.25) is 0 Å². The number of nitrogens with one attached hydrogen (secondary N) is 1. The number of hydrogen-bond acceptors (Lipinski definition) is 3. The van der Waals surface area contributed by atoms with Gasteiger partial charge in [0.1, 0.15) is 6.10 Å². The molecular weight excluding hydrogens is 300 g/mol. The van der Waals surface area contributed by atoms with Gasteiger partial charge in [0.15, 0.2) is 0 Å². The lowest BCUT2D eigenvalue weighted by atomic mass is 9.92. The topological polar surface area (TPSA) is 75.3 Å². The molecule has 0 aliphatic rings. The first kappa shape index (κ1) is 19.5. The average Bonchev–Trinajstić information content (AvgIpc) is 2.49. The number of aliphatic hydroxyl groups excluding tert-OH is 1. The summed E-state index contributed by atoms with van der Waals surface area (Å²) in [5, 5.41) is 13.0. The second-order valence-electron chi connectivity index (χ2n) is 6.99. The molecule has 0 aliphatic heterocycles. The molecule has 0 aliphatic carbocycles. The molecule has 0 saturated carbocycles. The number of carbonyl (C=O) groups excluding carboxylic acids is 1. The van der Waals surface area contributed by atoms with Crippen LogP contribution in [0.4, 0.5) is 5.69 Å². The molecule has 128 valence electrons. The number of benzene rings is 1. The zero-order valence-corrected chi connectivity index (χ0v) is 14.8. The maximum atomic E-state index is 11.9. The summed E-state index contributed by atoms with van der Waals surface area (Å²) >= 11 is 0. The van der Waals surface area contributed by atoms with E-state index in [4.69, 9.17) is 12.2 Å². The number of amides is 1. The highest BCUT2D eigenvalue weighted by Crippen LogP contribution is 2.22. The fourth-order valence-corrected chi connectivity index (χ4v) is 2.05. The number of terminal acetylenes is 1. The second kappa shape index (κ2) is 8.37. The van der Waals surface area contributed by atoms with Crippen LogP contribution in [0.25, 0.3) is 0 Å². The standard InChI is InChI=1S/C20H26N2O2/c1-6-17(22-18(23)13-20(3,4)5)12-7-14(2)19(24)15-8-10-16(21)11-9-15/h1,7-12,19,24H,13,21H2,2-5H3,(H,22,23)/b14-7+,17-12+. The number of rotatable bonds is 5. The van der Waals surface area contributed by atoms with Crippen LogP contribution in [0, 0.1) is 17.8 Å². The smallest absolute Gasteiger partial charge is 0.225 e. The van der Waals surface area contributed by atoms with E-state index < -0.39 is 6.10 Å². The van der Waals surface area contributed by atoms with E-state index in [1.54, 1.807) is 43.3 Å². The van der Waals surface area contributed by atoms with Crippen LogP contribution in [0.3, 0.4) is 0 Å². The van der Waals surface area contributed by atoms with Gasteiger partial charge in [-0.1, -0.05) is 44.9 Å². The Morgan fingerprint density at radius 3 is 2.42 bits per heavy atom. The van der Waals surface area contributed by atoms with Crippen molar-refractivity contribution in [2.45, 2.75) is 40.2 Å². The molecule has 1 atom stereocenters. The van der Waals surface area contributed by atoms with Crippen LogP contribution in [0.5, 0.6) is 0 Å². The van der Waals surface area contributed by atoms with Gasteiger partial charge in [0, 0.05) is 12.1 Å². The minimum Gasteiger partial charge on any atom is -0.399 e. The average molecular weight is 326 g/mol. The number of anilines is 1. The van der Waals surface area contributed by atoms with Gasteiger partial charge >= 0.3 is 0 Å². The molecule has 0 bridgehead atoms. The van der Waals surface area contributed by atoms with E-state index in [0.717, 1.165) is 5.56 Å². The Labute approximate surface area is 144 Å². The first-order valence-corrected chi connectivity index (χ1v) is 7.81. The first-order valence-electron chi connectivity index (χ1n) is 7.81. The molecule has 24 heavy (non-hydrogen) atoms. The van der Waals surface area contributed by atoms with Crippen molar-refractivity contribution < 1.29 is 9.90 Å². The van der Waals surface area contributed by atoms with Gasteiger partial charge in [0.25, 0.3) is 0 Å². The van der Waals surface area contributed by atoms with E-state index in [-0.39, 0.29) is 11.3 Å². The van der Waals surface area contributed by atoms with Gasteiger partial charge in [-0.05, 0) is 41.7 Å². The van der Waals surface area contributed by atoms with Gasteiger partial charge < -0.3 is 16.2 Å². The summed E-state index contributed by atoms with van der Waals surface area (Å²) in [5.74, 6) is 2.32. The quantitative estimate of drug-likeness (QED) is 0.441. The van der Waals surface area contributed by atoms with Crippen LogP contribution in [0.1, 0.15) is 45.8 Å². The Morgan fingerprint density at radius 1 is 1.33 bits per heavy atom. The molecule has 1 aromatic rings. The summed E-state index contributed by atoms with van der Waals surface area (Å²) in [6.07, 6.45) is 8.38. The van der Waals surface area contributed by atoms with Crippen molar-refractivity contribution in [3.63, 3.8) is 0 Å². The van der Waals surface area contributed by atoms with Crippen molar-refractivity contribution in [1.29, 1.82) is 0 Å². The van der Waals surface area contributed by atoms with Gasteiger partial charge in [0.05, 0.1) is 5.70 Å². The monoisotopic (exact) mass is 326 g/mol. The predicted octanol–water partition coefficient (Wildman–Crippen LogP) is 3.32. The molecule has 1 aromatic carbocycles. The molecule has 0 spiro atoms. The molecule has 4 N–H and O–H groups in total. The van der Waals surface area contributed by atoms with Crippen LogP contribution < -0.4 is 11.1 Å². The zero-order valence-electron chi connectivity index (χ0n) is 14.8. The van der Waals surface area contributed by atoms with Gasteiger partial charge in [-0.3, -0.25) is 4.79 Å². The summed E-state index contributed by atoms with van der Waals surface area (Å²) in [6.45, 7) is 7.75. The molecule has 0 saturated heterocycles. The third-order valence-corrected chi connectivity index (χ3v) is 3.32. The normalized spacial score (nSPS) is 14.0. The number of nitrogens with two attached hydrogens (primary N) is 1. The molecule has 0 aromatic heterocycles. The Hall–Kier alpha value is -2.51. The van der Waals surface area contributed by atoms with Crippen LogP contribution in [-0.4, -0.2) is 11.0 Å². The van der Waals surface area contributed by atoms with E-state index in [9.17, 15) is 9.90 Å². The lowest BCUT2D eigenvalue weighted by molar-refractivity contribution is -0.122. The van der Waals surface area contributed by atoms with Crippen LogP contribution in [-0.2, 0) is 4.79 Å². The summed E-state index contributed by atoms with van der Waals surface area (Å²) in [6, 6.07) is 7.02. The maximum Gasteiger partial charge on any atom is 0.225 e. The molecule has 1 rings (SSSR count). The lowest BCUT2D eigenvalue weighted by Crippen LogP contribution is -2.26. The predicted molar refractivity (Wildman–Crippen MR) is 98.7 cm³/mol.